The van der Waals surface area contributed by atoms with E-state index in [4.69, 9.17) is 5.11 Å². The molecule has 0 aliphatic carbocycles. The highest BCUT2D eigenvalue weighted by atomic mass is 32.2. The Bertz CT molecular complexity index is 575. The summed E-state index contributed by atoms with van der Waals surface area (Å²) in [5.74, 6) is -0.838. The minimum absolute atomic E-state index is 0.0787. The van der Waals surface area contributed by atoms with Crippen molar-refractivity contribution in [2.45, 2.75) is 11.3 Å². The van der Waals surface area contributed by atoms with Crippen molar-refractivity contribution >= 4 is 16.0 Å². The number of hydrogen-bond acceptors (Lipinski definition) is 5. The third-order valence-corrected chi connectivity index (χ3v) is 5.14. The number of hydrogen-bond donors (Lipinski definition) is 1. The van der Waals surface area contributed by atoms with E-state index in [0.29, 0.717) is 32.7 Å². The molecule has 0 bridgehead atoms. The first-order valence-electron chi connectivity index (χ1n) is 6.32. The van der Waals surface area contributed by atoms with Crippen LogP contribution in [0.15, 0.2) is 17.3 Å². The van der Waals surface area contributed by atoms with Crippen molar-refractivity contribution in [2.75, 3.05) is 32.7 Å². The normalized spacial score (nSPS) is 18.2. The number of sulfonamides is 1. The van der Waals surface area contributed by atoms with E-state index in [9.17, 15) is 13.2 Å². The van der Waals surface area contributed by atoms with E-state index in [-0.39, 0.29) is 11.3 Å². The molecule has 0 saturated carbocycles. The summed E-state index contributed by atoms with van der Waals surface area (Å²) in [6, 6.07) is 0. The first kappa shape index (κ1) is 14.9. The van der Waals surface area contributed by atoms with Gasteiger partial charge in [0.05, 0.1) is 12.6 Å². The Morgan fingerprint density at radius 1 is 1.35 bits per heavy atom. The highest BCUT2D eigenvalue weighted by Gasteiger charge is 2.29. The maximum Gasteiger partial charge on any atom is 0.304 e. The molecule has 0 aromatic carbocycles. The van der Waals surface area contributed by atoms with E-state index in [1.54, 1.807) is 7.05 Å². The molecule has 20 heavy (non-hydrogen) atoms. The molecule has 1 N–H and O–H groups in total. The summed E-state index contributed by atoms with van der Waals surface area (Å²) in [6.45, 7) is 2.29. The van der Waals surface area contributed by atoms with Gasteiger partial charge in [-0.1, -0.05) is 0 Å². The van der Waals surface area contributed by atoms with E-state index < -0.39 is 16.0 Å². The van der Waals surface area contributed by atoms with Crippen LogP contribution in [-0.2, 0) is 21.9 Å². The predicted octanol–water partition coefficient (Wildman–Crippen LogP) is -0.799. The number of piperazine rings is 1. The summed E-state index contributed by atoms with van der Waals surface area (Å²) in [4.78, 5) is 12.7. The van der Waals surface area contributed by atoms with Crippen molar-refractivity contribution in [2.24, 2.45) is 7.05 Å². The Morgan fingerprint density at radius 3 is 2.50 bits per heavy atom. The number of carboxylic acid groups (broad SMARTS) is 1. The van der Waals surface area contributed by atoms with Crippen LogP contribution in [0.25, 0.3) is 0 Å². The molecule has 1 fully saturated rings. The molecule has 8 nitrogen and oxygen atoms in total. The Kier molecular flexibility index (Phi) is 4.41. The van der Waals surface area contributed by atoms with Crippen LogP contribution >= 0.6 is 0 Å². The summed E-state index contributed by atoms with van der Waals surface area (Å²) < 4.78 is 27.5. The third-order valence-electron chi connectivity index (χ3n) is 3.29. The van der Waals surface area contributed by atoms with Crippen molar-refractivity contribution in [1.29, 1.82) is 0 Å². The lowest BCUT2D eigenvalue weighted by molar-refractivity contribution is -0.137. The SMILES string of the molecule is Cn1cc(S(=O)(=O)N2CCN(CCC(=O)O)CC2)cn1. The van der Waals surface area contributed by atoms with Crippen LogP contribution in [0.4, 0.5) is 0 Å². The van der Waals surface area contributed by atoms with Gasteiger partial charge < -0.3 is 10.0 Å². The number of carbonyl (C=O) groups is 1. The molecule has 1 aliphatic heterocycles. The minimum Gasteiger partial charge on any atom is -0.481 e. The molecule has 2 heterocycles. The zero-order chi connectivity index (χ0) is 14.8. The van der Waals surface area contributed by atoms with E-state index in [1.165, 1.54) is 21.4 Å². The van der Waals surface area contributed by atoms with Crippen LogP contribution in [0.2, 0.25) is 0 Å². The first-order chi connectivity index (χ1) is 9.39. The molecule has 9 heteroatoms. The summed E-state index contributed by atoms with van der Waals surface area (Å²) in [5, 5.41) is 12.5. The molecule has 0 unspecified atom stereocenters. The molecular formula is C11H18N4O4S. The highest BCUT2D eigenvalue weighted by molar-refractivity contribution is 7.89. The fraction of sp³-hybridized carbons (Fsp3) is 0.636. The number of carboxylic acids is 1. The van der Waals surface area contributed by atoms with E-state index in [0.717, 1.165) is 0 Å². The predicted molar refractivity (Wildman–Crippen MR) is 70.7 cm³/mol. The van der Waals surface area contributed by atoms with Crippen molar-refractivity contribution in [3.05, 3.63) is 12.4 Å². The molecule has 0 atom stereocenters. The Hall–Kier alpha value is -1.45. The van der Waals surface area contributed by atoms with Crippen LogP contribution < -0.4 is 0 Å². The molecule has 1 aliphatic rings. The second-order valence-electron chi connectivity index (χ2n) is 4.74. The van der Waals surface area contributed by atoms with Crippen LogP contribution in [0.3, 0.4) is 0 Å². The molecule has 0 radical (unpaired) electrons. The maximum absolute atomic E-state index is 12.3. The second kappa shape index (κ2) is 5.90. The van der Waals surface area contributed by atoms with Gasteiger partial charge in [-0.05, 0) is 0 Å². The largest absolute Gasteiger partial charge is 0.481 e. The summed E-state index contributed by atoms with van der Waals surface area (Å²) in [7, 11) is -1.82. The molecule has 1 aromatic rings. The van der Waals surface area contributed by atoms with E-state index in [2.05, 4.69) is 5.10 Å². The lowest BCUT2D eigenvalue weighted by Gasteiger charge is -2.33. The number of rotatable bonds is 5. The van der Waals surface area contributed by atoms with Gasteiger partial charge in [-0.25, -0.2) is 8.42 Å². The van der Waals surface area contributed by atoms with E-state index >= 15 is 0 Å². The van der Waals surface area contributed by atoms with Crippen molar-refractivity contribution in [3.8, 4) is 0 Å². The van der Waals surface area contributed by atoms with Gasteiger partial charge in [0.25, 0.3) is 0 Å². The van der Waals surface area contributed by atoms with Gasteiger partial charge in [-0.3, -0.25) is 9.48 Å². The summed E-state index contributed by atoms with van der Waals surface area (Å²) in [6.07, 6.45) is 2.90. The Balaban J connectivity index is 1.95. The quantitative estimate of drug-likeness (QED) is 0.765. The second-order valence-corrected chi connectivity index (χ2v) is 6.68. The number of aromatic nitrogens is 2. The average molecular weight is 302 g/mol. The molecule has 1 aromatic heterocycles. The number of aliphatic carboxylic acids is 1. The zero-order valence-corrected chi connectivity index (χ0v) is 12.1. The standard InChI is InChI=1S/C11H18N4O4S/c1-13-9-10(8-12-13)20(18,19)15-6-4-14(5-7-15)3-2-11(16)17/h8-9H,2-7H2,1H3,(H,16,17). The molecule has 1 saturated heterocycles. The number of aryl methyl sites for hydroxylation is 1. The fourth-order valence-corrected chi connectivity index (χ4v) is 3.54. The van der Waals surface area contributed by atoms with Crippen molar-refractivity contribution in [1.82, 2.24) is 19.0 Å². The summed E-state index contributed by atoms with van der Waals surface area (Å²) >= 11 is 0. The smallest absolute Gasteiger partial charge is 0.304 e. The maximum atomic E-state index is 12.3. The number of nitrogens with zero attached hydrogens (tertiary/aromatic N) is 4. The Morgan fingerprint density at radius 2 is 2.00 bits per heavy atom. The third kappa shape index (κ3) is 3.35. The topological polar surface area (TPSA) is 95.7 Å². The van der Waals surface area contributed by atoms with Crippen LogP contribution in [-0.4, -0.2) is 71.2 Å². The van der Waals surface area contributed by atoms with Gasteiger partial charge in [0, 0.05) is 46.0 Å². The van der Waals surface area contributed by atoms with Crippen LogP contribution in [0.1, 0.15) is 6.42 Å². The molecular weight excluding hydrogens is 284 g/mol. The van der Waals surface area contributed by atoms with Gasteiger partial charge >= 0.3 is 5.97 Å². The van der Waals surface area contributed by atoms with Gasteiger partial charge in [0.2, 0.25) is 10.0 Å². The van der Waals surface area contributed by atoms with Crippen LogP contribution in [0, 0.1) is 0 Å². The van der Waals surface area contributed by atoms with Crippen molar-refractivity contribution < 1.29 is 18.3 Å². The first-order valence-corrected chi connectivity index (χ1v) is 7.76. The molecule has 0 spiro atoms. The molecule has 112 valence electrons. The Labute approximate surface area is 117 Å². The van der Waals surface area contributed by atoms with Crippen LogP contribution in [0.5, 0.6) is 0 Å². The zero-order valence-electron chi connectivity index (χ0n) is 11.3. The van der Waals surface area contributed by atoms with Crippen molar-refractivity contribution in [3.63, 3.8) is 0 Å². The highest BCUT2D eigenvalue weighted by Crippen LogP contribution is 2.16. The molecule has 0 amide bonds. The fourth-order valence-electron chi connectivity index (χ4n) is 2.13. The lowest BCUT2D eigenvalue weighted by atomic mass is 10.3. The lowest BCUT2D eigenvalue weighted by Crippen LogP contribution is -2.48. The van der Waals surface area contributed by atoms with Gasteiger partial charge in [-0.2, -0.15) is 9.40 Å². The van der Waals surface area contributed by atoms with Gasteiger partial charge in [0.15, 0.2) is 0 Å². The average Bonchev–Trinajstić information content (AvgIpc) is 2.84. The van der Waals surface area contributed by atoms with E-state index in [1.807, 2.05) is 4.90 Å². The monoisotopic (exact) mass is 302 g/mol. The minimum atomic E-state index is -3.49. The van der Waals surface area contributed by atoms with Gasteiger partial charge in [0.1, 0.15) is 4.90 Å². The molecule has 2 rings (SSSR count). The summed E-state index contributed by atoms with van der Waals surface area (Å²) in [5.41, 5.74) is 0. The van der Waals surface area contributed by atoms with Gasteiger partial charge in [-0.15, -0.1) is 0 Å².